The summed E-state index contributed by atoms with van der Waals surface area (Å²) >= 11 is 0. The van der Waals surface area contributed by atoms with Crippen molar-refractivity contribution in [3.8, 4) is 11.5 Å². The van der Waals surface area contributed by atoms with E-state index in [1.54, 1.807) is 25.3 Å². The van der Waals surface area contributed by atoms with E-state index < -0.39 is 12.0 Å². The van der Waals surface area contributed by atoms with Crippen LogP contribution in [0.1, 0.15) is 32.6 Å². The molecule has 2 amide bonds. The van der Waals surface area contributed by atoms with Gasteiger partial charge < -0.3 is 25.2 Å². The lowest BCUT2D eigenvalue weighted by Gasteiger charge is -2.14. The van der Waals surface area contributed by atoms with Crippen LogP contribution in [0.4, 0.5) is 10.5 Å². The van der Waals surface area contributed by atoms with Gasteiger partial charge in [0, 0.05) is 19.0 Å². The summed E-state index contributed by atoms with van der Waals surface area (Å²) in [6.07, 6.45) is 2.33. The Labute approximate surface area is 136 Å². The van der Waals surface area contributed by atoms with Crippen LogP contribution in [0.3, 0.4) is 0 Å². The van der Waals surface area contributed by atoms with Crippen LogP contribution < -0.4 is 20.1 Å². The zero-order valence-corrected chi connectivity index (χ0v) is 13.6. The molecule has 0 aliphatic carbocycles. The molecule has 0 saturated heterocycles. The van der Waals surface area contributed by atoms with Crippen LogP contribution in [0.5, 0.6) is 11.5 Å². The number of ether oxygens (including phenoxy) is 2. The number of aliphatic carboxylic acids is 1. The summed E-state index contributed by atoms with van der Waals surface area (Å²) in [7, 11) is 1.54. The van der Waals surface area contributed by atoms with Crippen molar-refractivity contribution >= 4 is 17.7 Å². The van der Waals surface area contributed by atoms with E-state index in [1.165, 1.54) is 0 Å². The summed E-state index contributed by atoms with van der Waals surface area (Å²) in [5, 5.41) is 13.9. The van der Waals surface area contributed by atoms with Crippen LogP contribution in [0.25, 0.3) is 0 Å². The Hall–Kier alpha value is -2.44. The number of rotatable bonds is 10. The van der Waals surface area contributed by atoms with Gasteiger partial charge in [0.05, 0.1) is 19.4 Å². The standard InChI is InChI=1S/C16H24N2O5/c1-3-4-10-23-14-8-7-12(22-2)11-13(14)18-16(21)17-9-5-6-15(19)20/h7-8,11H,3-6,9-10H2,1-2H3,(H,19,20)(H2,17,18,21). The van der Waals surface area contributed by atoms with Gasteiger partial charge in [0.2, 0.25) is 0 Å². The predicted octanol–water partition coefficient (Wildman–Crippen LogP) is 2.86. The Bertz CT molecular complexity index is 519. The Morgan fingerprint density at radius 3 is 2.70 bits per heavy atom. The molecule has 128 valence electrons. The molecule has 0 aliphatic heterocycles. The topological polar surface area (TPSA) is 96.9 Å². The molecule has 0 fully saturated rings. The predicted molar refractivity (Wildman–Crippen MR) is 87.3 cm³/mol. The van der Waals surface area contributed by atoms with Crippen LogP contribution in [0.15, 0.2) is 18.2 Å². The summed E-state index contributed by atoms with van der Waals surface area (Å²) in [5.41, 5.74) is 0.510. The van der Waals surface area contributed by atoms with Crippen LogP contribution in [0, 0.1) is 0 Å². The molecule has 3 N–H and O–H groups in total. The van der Waals surface area contributed by atoms with Gasteiger partial charge in [-0.3, -0.25) is 4.79 Å². The van der Waals surface area contributed by atoms with Gasteiger partial charge in [-0.05, 0) is 25.0 Å². The van der Waals surface area contributed by atoms with Gasteiger partial charge in [-0.15, -0.1) is 0 Å². The van der Waals surface area contributed by atoms with Crippen molar-refractivity contribution in [1.82, 2.24) is 5.32 Å². The highest BCUT2D eigenvalue weighted by Gasteiger charge is 2.09. The van der Waals surface area contributed by atoms with Crippen LogP contribution in [-0.2, 0) is 4.79 Å². The minimum atomic E-state index is -0.883. The van der Waals surface area contributed by atoms with Crippen molar-refractivity contribution in [3.63, 3.8) is 0 Å². The zero-order chi connectivity index (χ0) is 17.1. The number of carbonyl (C=O) groups is 2. The van der Waals surface area contributed by atoms with Gasteiger partial charge in [-0.2, -0.15) is 0 Å². The van der Waals surface area contributed by atoms with Crippen LogP contribution in [0.2, 0.25) is 0 Å². The fraction of sp³-hybridized carbons (Fsp3) is 0.500. The third kappa shape index (κ3) is 7.39. The average molecular weight is 324 g/mol. The SMILES string of the molecule is CCCCOc1ccc(OC)cc1NC(=O)NCCCC(=O)O. The van der Waals surface area contributed by atoms with Gasteiger partial charge in [-0.25, -0.2) is 4.79 Å². The number of carbonyl (C=O) groups excluding carboxylic acids is 1. The third-order valence-corrected chi connectivity index (χ3v) is 3.04. The lowest BCUT2D eigenvalue weighted by molar-refractivity contribution is -0.137. The summed E-state index contributed by atoms with van der Waals surface area (Å²) < 4.78 is 10.8. The van der Waals surface area contributed by atoms with Crippen LogP contribution >= 0.6 is 0 Å². The first-order valence-electron chi connectivity index (χ1n) is 7.64. The van der Waals surface area contributed by atoms with Gasteiger partial charge in [-0.1, -0.05) is 13.3 Å². The average Bonchev–Trinajstić information content (AvgIpc) is 2.53. The number of carboxylic acids is 1. The Morgan fingerprint density at radius 2 is 2.04 bits per heavy atom. The number of anilines is 1. The number of amides is 2. The summed E-state index contributed by atoms with van der Waals surface area (Å²) in [6.45, 7) is 2.92. The van der Waals surface area contributed by atoms with E-state index in [9.17, 15) is 9.59 Å². The van der Waals surface area contributed by atoms with Gasteiger partial charge in [0.1, 0.15) is 11.5 Å². The quantitative estimate of drug-likeness (QED) is 0.575. The minimum Gasteiger partial charge on any atom is -0.497 e. The molecule has 1 aromatic rings. The molecule has 0 aliphatic rings. The van der Waals surface area contributed by atoms with E-state index in [-0.39, 0.29) is 13.0 Å². The number of unbranched alkanes of at least 4 members (excludes halogenated alkanes) is 1. The third-order valence-electron chi connectivity index (χ3n) is 3.04. The Balaban J connectivity index is 2.60. The largest absolute Gasteiger partial charge is 0.497 e. The van der Waals surface area contributed by atoms with Crippen molar-refractivity contribution in [3.05, 3.63) is 18.2 Å². The Kier molecular flexibility index (Phi) is 8.34. The molecule has 0 bridgehead atoms. The first kappa shape index (κ1) is 18.6. The maximum absolute atomic E-state index is 11.9. The molecule has 23 heavy (non-hydrogen) atoms. The lowest BCUT2D eigenvalue weighted by atomic mass is 10.2. The molecule has 0 heterocycles. The smallest absolute Gasteiger partial charge is 0.319 e. The molecule has 0 radical (unpaired) electrons. The first-order valence-corrected chi connectivity index (χ1v) is 7.64. The zero-order valence-electron chi connectivity index (χ0n) is 13.6. The number of urea groups is 1. The molecular weight excluding hydrogens is 300 g/mol. The second-order valence-electron chi connectivity index (χ2n) is 4.94. The number of hydrogen-bond donors (Lipinski definition) is 3. The van der Waals surface area contributed by atoms with E-state index in [4.69, 9.17) is 14.6 Å². The fourth-order valence-electron chi connectivity index (χ4n) is 1.79. The second-order valence-corrected chi connectivity index (χ2v) is 4.94. The van der Waals surface area contributed by atoms with Gasteiger partial charge >= 0.3 is 12.0 Å². The highest BCUT2D eigenvalue weighted by atomic mass is 16.5. The summed E-state index contributed by atoms with van der Waals surface area (Å²) in [4.78, 5) is 22.3. The van der Waals surface area contributed by atoms with E-state index >= 15 is 0 Å². The van der Waals surface area contributed by atoms with Gasteiger partial charge in [0.25, 0.3) is 0 Å². The van der Waals surface area contributed by atoms with Crippen molar-refractivity contribution in [2.75, 3.05) is 25.6 Å². The highest BCUT2D eigenvalue weighted by molar-refractivity contribution is 5.91. The molecule has 7 heteroatoms. The molecule has 0 atom stereocenters. The number of methoxy groups -OCH3 is 1. The monoisotopic (exact) mass is 324 g/mol. The molecule has 0 aromatic heterocycles. The van der Waals surface area contributed by atoms with E-state index in [2.05, 4.69) is 17.6 Å². The molecule has 1 rings (SSSR count). The number of hydrogen-bond acceptors (Lipinski definition) is 4. The number of carboxylic acid groups (broad SMARTS) is 1. The highest BCUT2D eigenvalue weighted by Crippen LogP contribution is 2.29. The van der Waals surface area contributed by atoms with Crippen LogP contribution in [-0.4, -0.2) is 37.4 Å². The first-order chi connectivity index (χ1) is 11.1. The molecule has 0 saturated carbocycles. The molecular formula is C16H24N2O5. The van der Waals surface area contributed by atoms with Crippen molar-refractivity contribution < 1.29 is 24.2 Å². The van der Waals surface area contributed by atoms with Crippen molar-refractivity contribution in [2.45, 2.75) is 32.6 Å². The normalized spacial score (nSPS) is 10.0. The van der Waals surface area contributed by atoms with Gasteiger partial charge in [0.15, 0.2) is 0 Å². The molecule has 7 nitrogen and oxygen atoms in total. The number of benzene rings is 1. The van der Waals surface area contributed by atoms with E-state index in [0.29, 0.717) is 30.2 Å². The fourth-order valence-corrected chi connectivity index (χ4v) is 1.79. The van der Waals surface area contributed by atoms with Crippen molar-refractivity contribution in [2.24, 2.45) is 0 Å². The lowest BCUT2D eigenvalue weighted by Crippen LogP contribution is -2.30. The van der Waals surface area contributed by atoms with Crippen molar-refractivity contribution in [1.29, 1.82) is 0 Å². The van der Waals surface area contributed by atoms with E-state index in [0.717, 1.165) is 12.8 Å². The molecule has 1 aromatic carbocycles. The summed E-state index contributed by atoms with van der Waals surface area (Å²) in [6, 6.07) is 4.77. The summed E-state index contributed by atoms with van der Waals surface area (Å²) in [5.74, 6) is 0.292. The Morgan fingerprint density at radius 1 is 1.26 bits per heavy atom. The number of nitrogens with one attached hydrogen (secondary N) is 2. The maximum atomic E-state index is 11.9. The molecule has 0 spiro atoms. The molecule has 0 unspecified atom stereocenters. The van der Waals surface area contributed by atoms with E-state index in [1.807, 2.05) is 0 Å². The second kappa shape index (κ2) is 10.3. The maximum Gasteiger partial charge on any atom is 0.319 e. The minimum absolute atomic E-state index is 0.0187.